The third kappa shape index (κ3) is 5.72. The number of hydrogen-bond acceptors (Lipinski definition) is 5. The van der Waals surface area contributed by atoms with E-state index in [1.54, 1.807) is 12.3 Å². The van der Waals surface area contributed by atoms with Crippen molar-refractivity contribution >= 4 is 17.5 Å². The van der Waals surface area contributed by atoms with Gasteiger partial charge < -0.3 is 10.6 Å². The summed E-state index contributed by atoms with van der Waals surface area (Å²) < 4.78 is 0. The molecular weight excluding hydrogens is 458 g/mol. The number of carbonyl (C=O) groups excluding carboxylic acids is 1. The van der Waals surface area contributed by atoms with Crippen molar-refractivity contribution in [2.75, 3.05) is 13.1 Å². The molecule has 1 aliphatic carbocycles. The molecular formula is C28H32ClN5O. The quantitative estimate of drug-likeness (QED) is 0.503. The zero-order valence-corrected chi connectivity index (χ0v) is 20.7. The van der Waals surface area contributed by atoms with E-state index in [2.05, 4.69) is 56.9 Å². The highest BCUT2D eigenvalue weighted by molar-refractivity contribution is 6.33. The molecule has 3 aromatic rings. The summed E-state index contributed by atoms with van der Waals surface area (Å²) in [6.07, 6.45) is 10.8. The fraction of sp³-hybridized carbons (Fsp3) is 0.393. The number of aromatic nitrogens is 2. The van der Waals surface area contributed by atoms with Gasteiger partial charge in [0.1, 0.15) is 0 Å². The Morgan fingerprint density at radius 2 is 1.94 bits per heavy atom. The Labute approximate surface area is 212 Å². The van der Waals surface area contributed by atoms with E-state index in [1.807, 2.05) is 6.20 Å². The normalized spacial score (nSPS) is 18.3. The van der Waals surface area contributed by atoms with Crippen LogP contribution in [0, 0.1) is 0 Å². The number of piperidine rings is 1. The van der Waals surface area contributed by atoms with Gasteiger partial charge in [-0.25, -0.2) is 0 Å². The molecule has 0 bridgehead atoms. The van der Waals surface area contributed by atoms with Gasteiger partial charge in [0.25, 0.3) is 5.91 Å². The Bertz CT molecular complexity index is 1160. The summed E-state index contributed by atoms with van der Waals surface area (Å²) in [7, 11) is 0. The minimum absolute atomic E-state index is 0.191. The number of benzene rings is 1. The Kier molecular flexibility index (Phi) is 7.72. The standard InChI is InChI=1S/C28H32ClN5O/c29-25-18-31-15-11-24(25)28(35)33-17-20-4-1-5-21(16-20)19-34(23-9-13-30-14-10-23)26-8-2-6-22-7-3-12-32-27(22)26/h1,3-5,7,11-12,15-16,18,23,26,30H,2,6,8-10,13-14,17,19H2,(H,33,35). The first kappa shape index (κ1) is 23.9. The summed E-state index contributed by atoms with van der Waals surface area (Å²) in [4.78, 5) is 24.1. The number of halogens is 1. The summed E-state index contributed by atoms with van der Waals surface area (Å²) >= 11 is 6.13. The van der Waals surface area contributed by atoms with E-state index in [4.69, 9.17) is 16.6 Å². The molecule has 1 fully saturated rings. The molecule has 7 heteroatoms. The van der Waals surface area contributed by atoms with Gasteiger partial charge in [0, 0.05) is 37.7 Å². The zero-order valence-electron chi connectivity index (χ0n) is 19.9. The van der Waals surface area contributed by atoms with Crippen LogP contribution in [0.1, 0.15) is 64.5 Å². The van der Waals surface area contributed by atoms with Gasteiger partial charge >= 0.3 is 0 Å². The molecule has 0 saturated carbocycles. The van der Waals surface area contributed by atoms with Crippen LogP contribution < -0.4 is 10.6 Å². The van der Waals surface area contributed by atoms with E-state index in [9.17, 15) is 4.79 Å². The molecule has 1 aromatic carbocycles. The van der Waals surface area contributed by atoms with Crippen LogP contribution in [0.2, 0.25) is 5.02 Å². The lowest BCUT2D eigenvalue weighted by atomic mass is 9.88. The maximum absolute atomic E-state index is 12.6. The van der Waals surface area contributed by atoms with Gasteiger partial charge in [-0.3, -0.25) is 19.7 Å². The van der Waals surface area contributed by atoms with Crippen molar-refractivity contribution in [2.24, 2.45) is 0 Å². The number of hydrogen-bond donors (Lipinski definition) is 2. The van der Waals surface area contributed by atoms with Crippen molar-refractivity contribution < 1.29 is 4.79 Å². The van der Waals surface area contributed by atoms with Crippen molar-refractivity contribution in [1.29, 1.82) is 0 Å². The zero-order chi connectivity index (χ0) is 24.0. The molecule has 1 unspecified atom stereocenters. The largest absolute Gasteiger partial charge is 0.348 e. The number of amides is 1. The van der Waals surface area contributed by atoms with Crippen LogP contribution in [0.3, 0.4) is 0 Å². The van der Waals surface area contributed by atoms with Crippen LogP contribution in [0.5, 0.6) is 0 Å². The molecule has 1 aliphatic heterocycles. The summed E-state index contributed by atoms with van der Waals surface area (Å²) in [6.45, 7) is 3.45. The highest BCUT2D eigenvalue weighted by atomic mass is 35.5. The van der Waals surface area contributed by atoms with Crippen molar-refractivity contribution in [3.8, 4) is 0 Å². The van der Waals surface area contributed by atoms with Crippen LogP contribution in [0.15, 0.2) is 61.1 Å². The van der Waals surface area contributed by atoms with E-state index >= 15 is 0 Å². The van der Waals surface area contributed by atoms with Gasteiger partial charge in [0.15, 0.2) is 0 Å². The maximum Gasteiger partial charge on any atom is 0.253 e. The lowest BCUT2D eigenvalue weighted by Gasteiger charge is -2.42. The van der Waals surface area contributed by atoms with Gasteiger partial charge in [-0.05, 0) is 74.0 Å². The van der Waals surface area contributed by atoms with Crippen LogP contribution in [0.25, 0.3) is 0 Å². The number of nitrogens with zero attached hydrogens (tertiary/aromatic N) is 3. The predicted molar refractivity (Wildman–Crippen MR) is 138 cm³/mol. The highest BCUT2D eigenvalue weighted by Gasteiger charge is 2.32. The molecule has 6 nitrogen and oxygen atoms in total. The summed E-state index contributed by atoms with van der Waals surface area (Å²) in [5, 5.41) is 6.87. The second-order valence-corrected chi connectivity index (χ2v) is 9.87. The van der Waals surface area contributed by atoms with Gasteiger partial charge in [-0.15, -0.1) is 0 Å². The molecule has 1 saturated heterocycles. The molecule has 182 valence electrons. The molecule has 2 N–H and O–H groups in total. The smallest absolute Gasteiger partial charge is 0.253 e. The maximum atomic E-state index is 12.6. The molecule has 1 atom stereocenters. The number of carbonyl (C=O) groups is 1. The Balaban J connectivity index is 1.33. The molecule has 2 aromatic heterocycles. The molecule has 2 aliphatic rings. The number of pyridine rings is 2. The average Bonchev–Trinajstić information content (AvgIpc) is 2.91. The first-order valence-electron chi connectivity index (χ1n) is 12.5. The lowest BCUT2D eigenvalue weighted by Crippen LogP contribution is -2.45. The van der Waals surface area contributed by atoms with E-state index in [1.165, 1.54) is 29.4 Å². The Morgan fingerprint density at radius 3 is 2.80 bits per heavy atom. The van der Waals surface area contributed by atoms with Crippen molar-refractivity contribution in [3.05, 3.63) is 94.0 Å². The monoisotopic (exact) mass is 489 g/mol. The summed E-state index contributed by atoms with van der Waals surface area (Å²) in [5.41, 5.74) is 5.44. The van der Waals surface area contributed by atoms with Crippen molar-refractivity contribution in [3.63, 3.8) is 0 Å². The Morgan fingerprint density at radius 1 is 1.09 bits per heavy atom. The van der Waals surface area contributed by atoms with Crippen LogP contribution in [0.4, 0.5) is 0 Å². The molecule has 0 spiro atoms. The van der Waals surface area contributed by atoms with Crippen LogP contribution >= 0.6 is 11.6 Å². The minimum atomic E-state index is -0.191. The topological polar surface area (TPSA) is 70.2 Å². The number of aryl methyl sites for hydroxylation is 1. The summed E-state index contributed by atoms with van der Waals surface area (Å²) in [6, 6.07) is 15.4. The molecule has 1 amide bonds. The van der Waals surface area contributed by atoms with Gasteiger partial charge in [-0.2, -0.15) is 0 Å². The highest BCUT2D eigenvalue weighted by Crippen LogP contribution is 2.36. The third-order valence-corrected chi connectivity index (χ3v) is 7.47. The molecule has 5 rings (SSSR count). The van der Waals surface area contributed by atoms with E-state index in [0.717, 1.165) is 50.9 Å². The molecule has 0 radical (unpaired) electrons. The van der Waals surface area contributed by atoms with Crippen molar-refractivity contribution in [1.82, 2.24) is 25.5 Å². The number of fused-ring (bicyclic) bond motifs is 1. The first-order chi connectivity index (χ1) is 17.2. The molecule has 35 heavy (non-hydrogen) atoms. The van der Waals surface area contributed by atoms with E-state index in [-0.39, 0.29) is 5.91 Å². The van der Waals surface area contributed by atoms with E-state index in [0.29, 0.717) is 29.2 Å². The lowest BCUT2D eigenvalue weighted by molar-refractivity contribution is 0.0861. The van der Waals surface area contributed by atoms with Crippen LogP contribution in [-0.4, -0.2) is 39.9 Å². The molecule has 3 heterocycles. The summed E-state index contributed by atoms with van der Waals surface area (Å²) in [5.74, 6) is -0.191. The second-order valence-electron chi connectivity index (χ2n) is 9.47. The predicted octanol–water partition coefficient (Wildman–Crippen LogP) is 4.69. The number of rotatable bonds is 7. The number of nitrogens with one attached hydrogen (secondary N) is 2. The van der Waals surface area contributed by atoms with E-state index < -0.39 is 0 Å². The Hall–Kier alpha value is -2.80. The second kappa shape index (κ2) is 11.3. The fourth-order valence-corrected chi connectivity index (χ4v) is 5.63. The first-order valence-corrected chi connectivity index (χ1v) is 12.9. The fourth-order valence-electron chi connectivity index (χ4n) is 5.43. The average molecular weight is 490 g/mol. The van der Waals surface area contributed by atoms with Crippen molar-refractivity contribution in [2.45, 2.75) is 57.3 Å². The van der Waals surface area contributed by atoms with Gasteiger partial charge in [-0.1, -0.05) is 41.9 Å². The van der Waals surface area contributed by atoms with Crippen LogP contribution in [-0.2, 0) is 19.5 Å². The third-order valence-electron chi connectivity index (χ3n) is 7.17. The SMILES string of the molecule is O=C(NCc1cccc(CN(C2CCNCC2)C2CCCc3cccnc32)c1)c1ccncc1Cl. The van der Waals surface area contributed by atoms with Gasteiger partial charge in [0.2, 0.25) is 0 Å². The minimum Gasteiger partial charge on any atom is -0.348 e. The van der Waals surface area contributed by atoms with Gasteiger partial charge in [0.05, 0.1) is 22.3 Å².